The van der Waals surface area contributed by atoms with Gasteiger partial charge in [-0.25, -0.2) is 17.8 Å². The molecular formula is C22H21FN2O3S2. The molecule has 1 heterocycles. The second kappa shape index (κ2) is 8.65. The summed E-state index contributed by atoms with van der Waals surface area (Å²) < 4.78 is 38.2. The standard InChI is InChI=1S/C22H21FN2O3S2/c23-18-7-4-15(5-8-18)12-19-14-24-22(29-19)25-21(26)10-11-30(27,28)20-9-6-16-2-1-3-17(16)13-20/h4-9,13-14H,1-3,10-12H2,(H,24,25,26). The Morgan fingerprint density at radius 1 is 1.10 bits per heavy atom. The van der Waals surface area contributed by atoms with E-state index in [-0.39, 0.29) is 28.8 Å². The fourth-order valence-corrected chi connectivity index (χ4v) is 5.67. The van der Waals surface area contributed by atoms with Crippen molar-refractivity contribution in [2.45, 2.75) is 37.0 Å². The van der Waals surface area contributed by atoms with Gasteiger partial charge in [0, 0.05) is 23.9 Å². The van der Waals surface area contributed by atoms with Gasteiger partial charge in [0.25, 0.3) is 0 Å². The van der Waals surface area contributed by atoms with Crippen molar-refractivity contribution in [3.05, 3.63) is 76.0 Å². The normalized spacial score (nSPS) is 13.2. The molecule has 1 N–H and O–H groups in total. The van der Waals surface area contributed by atoms with E-state index in [1.54, 1.807) is 30.5 Å². The van der Waals surface area contributed by atoms with E-state index in [2.05, 4.69) is 10.3 Å². The van der Waals surface area contributed by atoms with Gasteiger partial charge in [-0.2, -0.15) is 0 Å². The fraction of sp³-hybridized carbons (Fsp3) is 0.273. The van der Waals surface area contributed by atoms with Crippen LogP contribution in [0, 0.1) is 5.82 Å². The van der Waals surface area contributed by atoms with E-state index in [1.165, 1.54) is 29.0 Å². The summed E-state index contributed by atoms with van der Waals surface area (Å²) in [5.41, 5.74) is 3.25. The van der Waals surface area contributed by atoms with Gasteiger partial charge in [0.05, 0.1) is 10.6 Å². The van der Waals surface area contributed by atoms with Crippen LogP contribution in [0.25, 0.3) is 0 Å². The fourth-order valence-electron chi connectivity index (χ4n) is 3.52. The average Bonchev–Trinajstić information content (AvgIpc) is 3.37. The van der Waals surface area contributed by atoms with Crippen LogP contribution in [0.3, 0.4) is 0 Å². The van der Waals surface area contributed by atoms with Gasteiger partial charge >= 0.3 is 0 Å². The molecule has 0 spiro atoms. The third-order valence-electron chi connectivity index (χ3n) is 5.12. The molecular weight excluding hydrogens is 423 g/mol. The lowest BCUT2D eigenvalue weighted by atomic mass is 10.1. The molecule has 30 heavy (non-hydrogen) atoms. The zero-order chi connectivity index (χ0) is 21.1. The smallest absolute Gasteiger partial charge is 0.227 e. The number of aryl methyl sites for hydroxylation is 2. The molecule has 0 fully saturated rings. The van der Waals surface area contributed by atoms with Crippen LogP contribution in [0.15, 0.2) is 53.6 Å². The average molecular weight is 445 g/mol. The van der Waals surface area contributed by atoms with Crippen LogP contribution in [0.1, 0.15) is 34.4 Å². The van der Waals surface area contributed by atoms with Gasteiger partial charge in [-0.05, 0) is 60.2 Å². The minimum Gasteiger partial charge on any atom is -0.302 e. The molecule has 0 radical (unpaired) electrons. The van der Waals surface area contributed by atoms with E-state index in [0.29, 0.717) is 11.6 Å². The number of hydrogen-bond acceptors (Lipinski definition) is 5. The Hall–Kier alpha value is -2.58. The quantitative estimate of drug-likeness (QED) is 0.594. The number of halogens is 1. The van der Waals surface area contributed by atoms with Gasteiger partial charge in [-0.3, -0.25) is 4.79 Å². The third kappa shape index (κ3) is 4.94. The maximum absolute atomic E-state index is 13.0. The van der Waals surface area contributed by atoms with E-state index in [9.17, 15) is 17.6 Å². The van der Waals surface area contributed by atoms with Crippen LogP contribution in [0.2, 0.25) is 0 Å². The lowest BCUT2D eigenvalue weighted by molar-refractivity contribution is -0.115. The molecule has 2 aromatic carbocycles. The number of nitrogens with zero attached hydrogens (tertiary/aromatic N) is 1. The van der Waals surface area contributed by atoms with Crippen LogP contribution in [0.4, 0.5) is 9.52 Å². The Morgan fingerprint density at radius 2 is 1.87 bits per heavy atom. The lowest BCUT2D eigenvalue weighted by Gasteiger charge is -2.07. The number of carbonyl (C=O) groups is 1. The van der Waals surface area contributed by atoms with Crippen molar-refractivity contribution >= 4 is 32.2 Å². The minimum atomic E-state index is -3.52. The van der Waals surface area contributed by atoms with E-state index < -0.39 is 9.84 Å². The Bertz CT molecular complexity index is 1170. The number of anilines is 1. The summed E-state index contributed by atoms with van der Waals surface area (Å²) in [5.74, 6) is -0.918. The Balaban J connectivity index is 1.32. The summed E-state index contributed by atoms with van der Waals surface area (Å²) in [5, 5.41) is 3.09. The SMILES string of the molecule is O=C(CCS(=O)(=O)c1ccc2c(c1)CCC2)Nc1ncc(Cc2ccc(F)cc2)s1. The van der Waals surface area contributed by atoms with E-state index >= 15 is 0 Å². The molecule has 3 aromatic rings. The predicted molar refractivity (Wildman–Crippen MR) is 115 cm³/mol. The molecule has 0 bridgehead atoms. The van der Waals surface area contributed by atoms with Crippen LogP contribution < -0.4 is 5.32 Å². The first-order chi connectivity index (χ1) is 14.4. The second-order valence-electron chi connectivity index (χ2n) is 7.34. The number of fused-ring (bicyclic) bond motifs is 1. The summed E-state index contributed by atoms with van der Waals surface area (Å²) in [6, 6.07) is 11.5. The highest BCUT2D eigenvalue weighted by molar-refractivity contribution is 7.91. The van der Waals surface area contributed by atoms with Gasteiger partial charge in [0.15, 0.2) is 15.0 Å². The molecule has 8 heteroatoms. The first-order valence-electron chi connectivity index (χ1n) is 9.73. The number of thiazole rings is 1. The highest BCUT2D eigenvalue weighted by Gasteiger charge is 2.20. The first kappa shape index (κ1) is 20.7. The maximum Gasteiger partial charge on any atom is 0.227 e. The molecule has 1 amide bonds. The van der Waals surface area contributed by atoms with Crippen LogP contribution >= 0.6 is 11.3 Å². The van der Waals surface area contributed by atoms with Crippen molar-refractivity contribution < 1.29 is 17.6 Å². The van der Waals surface area contributed by atoms with Crippen molar-refractivity contribution in [3.63, 3.8) is 0 Å². The molecule has 4 rings (SSSR count). The molecule has 5 nitrogen and oxygen atoms in total. The highest BCUT2D eigenvalue weighted by atomic mass is 32.2. The molecule has 156 valence electrons. The number of aromatic nitrogens is 1. The van der Waals surface area contributed by atoms with Gasteiger partial charge in [0.2, 0.25) is 5.91 Å². The van der Waals surface area contributed by atoms with Crippen molar-refractivity contribution in [3.8, 4) is 0 Å². The first-order valence-corrected chi connectivity index (χ1v) is 12.2. The monoisotopic (exact) mass is 444 g/mol. The summed E-state index contributed by atoms with van der Waals surface area (Å²) in [6.45, 7) is 0. The number of nitrogens with one attached hydrogen (secondary N) is 1. The molecule has 0 saturated heterocycles. The molecule has 0 unspecified atom stereocenters. The highest BCUT2D eigenvalue weighted by Crippen LogP contribution is 2.26. The number of benzene rings is 2. The molecule has 1 aliphatic carbocycles. The Morgan fingerprint density at radius 3 is 2.67 bits per heavy atom. The summed E-state index contributed by atoms with van der Waals surface area (Å²) in [4.78, 5) is 17.6. The molecule has 0 saturated carbocycles. The second-order valence-corrected chi connectivity index (χ2v) is 10.6. The number of amides is 1. The van der Waals surface area contributed by atoms with Crippen molar-refractivity contribution in [1.29, 1.82) is 0 Å². The van der Waals surface area contributed by atoms with Crippen LogP contribution in [-0.2, 0) is 33.9 Å². The van der Waals surface area contributed by atoms with E-state index in [1.807, 2.05) is 6.07 Å². The Kier molecular flexibility index (Phi) is 5.97. The summed E-state index contributed by atoms with van der Waals surface area (Å²) >= 11 is 1.32. The molecule has 0 atom stereocenters. The van der Waals surface area contributed by atoms with Crippen molar-refractivity contribution in [1.82, 2.24) is 4.98 Å². The molecule has 1 aromatic heterocycles. The van der Waals surface area contributed by atoms with Gasteiger partial charge in [-0.1, -0.05) is 18.2 Å². The maximum atomic E-state index is 13.0. The van der Waals surface area contributed by atoms with Gasteiger partial charge in [-0.15, -0.1) is 11.3 Å². The zero-order valence-corrected chi connectivity index (χ0v) is 17.9. The van der Waals surface area contributed by atoms with Crippen LogP contribution in [0.5, 0.6) is 0 Å². The van der Waals surface area contributed by atoms with Crippen molar-refractivity contribution in [2.75, 3.05) is 11.1 Å². The number of sulfone groups is 1. The minimum absolute atomic E-state index is 0.133. The van der Waals surface area contributed by atoms with E-state index in [4.69, 9.17) is 0 Å². The number of hydrogen-bond donors (Lipinski definition) is 1. The molecule has 1 aliphatic rings. The van der Waals surface area contributed by atoms with Crippen molar-refractivity contribution in [2.24, 2.45) is 0 Å². The van der Waals surface area contributed by atoms with E-state index in [0.717, 1.165) is 35.3 Å². The van der Waals surface area contributed by atoms with Gasteiger partial charge < -0.3 is 5.32 Å². The lowest BCUT2D eigenvalue weighted by Crippen LogP contribution is -2.17. The summed E-state index contributed by atoms with van der Waals surface area (Å²) in [6.07, 6.45) is 5.06. The summed E-state index contributed by atoms with van der Waals surface area (Å²) in [7, 11) is -3.52. The number of carbonyl (C=O) groups excluding carboxylic acids is 1. The number of rotatable bonds is 7. The van der Waals surface area contributed by atoms with Gasteiger partial charge in [0.1, 0.15) is 5.82 Å². The Labute approximate surface area is 178 Å². The zero-order valence-electron chi connectivity index (χ0n) is 16.2. The molecule has 0 aliphatic heterocycles. The largest absolute Gasteiger partial charge is 0.302 e. The van der Waals surface area contributed by atoms with Crippen LogP contribution in [-0.4, -0.2) is 25.1 Å². The topological polar surface area (TPSA) is 76.1 Å². The third-order valence-corrected chi connectivity index (χ3v) is 7.74. The predicted octanol–water partition coefficient (Wildman–Crippen LogP) is 4.16.